The Morgan fingerprint density at radius 3 is 2.57 bits per heavy atom. The first-order chi connectivity index (χ1) is 10.1. The molecular formula is C16H19NO4. The third-order valence-corrected chi connectivity index (χ3v) is 2.87. The number of carbonyl (C=O) groups excluding carboxylic acids is 1. The third kappa shape index (κ3) is 4.36. The minimum Gasteiger partial charge on any atom is -0.491 e. The smallest absolute Gasteiger partial charge is 0.251 e. The van der Waals surface area contributed by atoms with Crippen molar-refractivity contribution in [3.63, 3.8) is 0 Å². The van der Waals surface area contributed by atoms with Gasteiger partial charge in [-0.05, 0) is 44.2 Å². The van der Waals surface area contributed by atoms with Crippen LogP contribution in [0.15, 0.2) is 47.3 Å². The lowest BCUT2D eigenvalue weighted by Gasteiger charge is -2.11. The van der Waals surface area contributed by atoms with Crippen molar-refractivity contribution >= 4 is 5.91 Å². The molecule has 0 aliphatic rings. The number of ether oxygens (including phenoxy) is 1. The van der Waals surface area contributed by atoms with Gasteiger partial charge in [0.25, 0.3) is 5.91 Å². The molecule has 2 N–H and O–H groups in total. The van der Waals surface area contributed by atoms with Crippen LogP contribution in [0, 0.1) is 0 Å². The Morgan fingerprint density at radius 1 is 1.29 bits per heavy atom. The zero-order chi connectivity index (χ0) is 15.2. The van der Waals surface area contributed by atoms with Gasteiger partial charge in [0.05, 0.1) is 24.7 Å². The second-order valence-electron chi connectivity index (χ2n) is 4.97. The normalized spacial score (nSPS) is 12.2. The molecule has 1 aromatic heterocycles. The number of aliphatic hydroxyl groups is 1. The van der Waals surface area contributed by atoms with Crippen LogP contribution in [0.4, 0.5) is 0 Å². The summed E-state index contributed by atoms with van der Waals surface area (Å²) in [5.41, 5.74) is 1.15. The van der Waals surface area contributed by atoms with Gasteiger partial charge in [-0.1, -0.05) is 0 Å². The fraction of sp³-hybridized carbons (Fsp3) is 0.312. The zero-order valence-electron chi connectivity index (χ0n) is 12.1. The summed E-state index contributed by atoms with van der Waals surface area (Å²) in [6.45, 7) is 4.01. The zero-order valence-corrected chi connectivity index (χ0v) is 12.1. The van der Waals surface area contributed by atoms with Gasteiger partial charge < -0.3 is 19.6 Å². The van der Waals surface area contributed by atoms with Gasteiger partial charge in [-0.15, -0.1) is 0 Å². The maximum atomic E-state index is 12.0. The van der Waals surface area contributed by atoms with Crippen molar-refractivity contribution < 1.29 is 19.1 Å². The fourth-order valence-electron chi connectivity index (χ4n) is 1.83. The highest BCUT2D eigenvalue weighted by Gasteiger charge is 2.12. The second-order valence-corrected chi connectivity index (χ2v) is 4.97. The van der Waals surface area contributed by atoms with Crippen molar-refractivity contribution in [3.05, 3.63) is 54.0 Å². The van der Waals surface area contributed by atoms with E-state index in [0.717, 1.165) is 5.75 Å². The number of nitrogens with one attached hydrogen (secondary N) is 1. The van der Waals surface area contributed by atoms with Crippen molar-refractivity contribution in [2.75, 3.05) is 6.54 Å². The molecule has 0 aliphatic heterocycles. The summed E-state index contributed by atoms with van der Waals surface area (Å²) >= 11 is 0. The molecule has 0 saturated carbocycles. The van der Waals surface area contributed by atoms with Gasteiger partial charge in [-0.2, -0.15) is 0 Å². The Bertz CT molecular complexity index is 560. The van der Waals surface area contributed by atoms with Gasteiger partial charge in [0, 0.05) is 17.7 Å². The summed E-state index contributed by atoms with van der Waals surface area (Å²) in [6, 6.07) is 8.55. The molecular weight excluding hydrogens is 270 g/mol. The van der Waals surface area contributed by atoms with Crippen molar-refractivity contribution in [1.29, 1.82) is 0 Å². The fourth-order valence-corrected chi connectivity index (χ4v) is 1.83. The quantitative estimate of drug-likeness (QED) is 0.857. The number of benzene rings is 1. The predicted octanol–water partition coefficient (Wildman–Crippen LogP) is 2.53. The number of amides is 1. The Morgan fingerprint density at radius 2 is 2.00 bits per heavy atom. The average Bonchev–Trinajstić information content (AvgIpc) is 2.99. The van der Waals surface area contributed by atoms with Crippen LogP contribution in [0.3, 0.4) is 0 Å². The van der Waals surface area contributed by atoms with E-state index in [2.05, 4.69) is 5.32 Å². The minimum absolute atomic E-state index is 0.0924. The first-order valence-corrected chi connectivity index (χ1v) is 6.81. The van der Waals surface area contributed by atoms with Gasteiger partial charge in [-0.25, -0.2) is 0 Å². The topological polar surface area (TPSA) is 71.7 Å². The molecule has 5 heteroatoms. The monoisotopic (exact) mass is 289 g/mol. The van der Waals surface area contributed by atoms with Gasteiger partial charge in [0.2, 0.25) is 0 Å². The van der Waals surface area contributed by atoms with Crippen LogP contribution < -0.4 is 10.1 Å². The van der Waals surface area contributed by atoms with Gasteiger partial charge >= 0.3 is 0 Å². The molecule has 0 unspecified atom stereocenters. The minimum atomic E-state index is -0.781. The molecule has 0 spiro atoms. The summed E-state index contributed by atoms with van der Waals surface area (Å²) in [5, 5.41) is 12.5. The van der Waals surface area contributed by atoms with Gasteiger partial charge in [0.1, 0.15) is 5.75 Å². The molecule has 1 aromatic carbocycles. The number of aliphatic hydroxyl groups excluding tert-OH is 1. The van der Waals surface area contributed by atoms with E-state index in [1.165, 1.54) is 12.5 Å². The van der Waals surface area contributed by atoms with Crippen molar-refractivity contribution in [3.8, 4) is 5.75 Å². The number of furan rings is 1. The summed E-state index contributed by atoms with van der Waals surface area (Å²) in [4.78, 5) is 12.0. The lowest BCUT2D eigenvalue weighted by Crippen LogP contribution is -2.28. The summed E-state index contributed by atoms with van der Waals surface area (Å²) in [6.07, 6.45) is 2.24. The number of hydrogen-bond donors (Lipinski definition) is 2. The molecule has 0 radical (unpaired) electrons. The average molecular weight is 289 g/mol. The molecule has 0 fully saturated rings. The summed E-state index contributed by atoms with van der Waals surface area (Å²) in [5.74, 6) is 0.480. The molecule has 1 amide bonds. The lowest BCUT2D eigenvalue weighted by atomic mass is 10.1. The maximum Gasteiger partial charge on any atom is 0.251 e. The molecule has 21 heavy (non-hydrogen) atoms. The Balaban J connectivity index is 1.88. The van der Waals surface area contributed by atoms with Crippen LogP contribution >= 0.6 is 0 Å². The largest absolute Gasteiger partial charge is 0.491 e. The van der Waals surface area contributed by atoms with E-state index < -0.39 is 6.10 Å². The molecule has 0 aliphatic carbocycles. The van der Waals surface area contributed by atoms with Crippen LogP contribution in [-0.4, -0.2) is 23.7 Å². The molecule has 1 heterocycles. The van der Waals surface area contributed by atoms with E-state index >= 15 is 0 Å². The van der Waals surface area contributed by atoms with E-state index in [9.17, 15) is 9.90 Å². The SMILES string of the molecule is CC(C)Oc1ccc(C(=O)NC[C@H](O)c2ccoc2)cc1. The summed E-state index contributed by atoms with van der Waals surface area (Å²) < 4.78 is 10.4. The lowest BCUT2D eigenvalue weighted by molar-refractivity contribution is 0.0916. The number of hydrogen-bond acceptors (Lipinski definition) is 4. The molecule has 0 bridgehead atoms. The Labute approximate surface area is 123 Å². The van der Waals surface area contributed by atoms with E-state index in [1.807, 2.05) is 13.8 Å². The van der Waals surface area contributed by atoms with Crippen molar-refractivity contribution in [2.24, 2.45) is 0 Å². The van der Waals surface area contributed by atoms with E-state index in [4.69, 9.17) is 9.15 Å². The van der Waals surface area contributed by atoms with Crippen LogP contribution in [0.25, 0.3) is 0 Å². The first-order valence-electron chi connectivity index (χ1n) is 6.81. The second kappa shape index (κ2) is 6.95. The van der Waals surface area contributed by atoms with Crippen LogP contribution in [0.5, 0.6) is 5.75 Å². The van der Waals surface area contributed by atoms with Gasteiger partial charge in [0.15, 0.2) is 0 Å². The number of rotatable bonds is 6. The highest BCUT2D eigenvalue weighted by molar-refractivity contribution is 5.94. The number of carbonyl (C=O) groups is 1. The van der Waals surface area contributed by atoms with Crippen LogP contribution in [0.1, 0.15) is 35.9 Å². The summed E-state index contributed by atoms with van der Waals surface area (Å²) in [7, 11) is 0. The molecule has 2 rings (SSSR count). The van der Waals surface area contributed by atoms with E-state index in [-0.39, 0.29) is 18.6 Å². The Hall–Kier alpha value is -2.27. The molecule has 5 nitrogen and oxygen atoms in total. The van der Waals surface area contributed by atoms with E-state index in [0.29, 0.717) is 11.1 Å². The first kappa shape index (κ1) is 15.1. The van der Waals surface area contributed by atoms with Crippen LogP contribution in [-0.2, 0) is 0 Å². The standard InChI is InChI=1S/C16H19NO4/c1-11(2)21-14-5-3-12(4-6-14)16(19)17-9-15(18)13-7-8-20-10-13/h3-8,10-11,15,18H,9H2,1-2H3,(H,17,19)/t15-/m0/s1. The molecule has 112 valence electrons. The Kier molecular flexibility index (Phi) is 5.00. The maximum absolute atomic E-state index is 12.0. The predicted molar refractivity (Wildman–Crippen MR) is 78.2 cm³/mol. The van der Waals surface area contributed by atoms with E-state index in [1.54, 1.807) is 30.3 Å². The third-order valence-electron chi connectivity index (χ3n) is 2.87. The molecule has 0 saturated heterocycles. The van der Waals surface area contributed by atoms with Gasteiger partial charge in [-0.3, -0.25) is 4.79 Å². The highest BCUT2D eigenvalue weighted by Crippen LogP contribution is 2.15. The van der Waals surface area contributed by atoms with Crippen molar-refractivity contribution in [2.45, 2.75) is 26.1 Å². The van der Waals surface area contributed by atoms with Crippen molar-refractivity contribution in [1.82, 2.24) is 5.32 Å². The molecule has 1 atom stereocenters. The van der Waals surface area contributed by atoms with Crippen LogP contribution in [0.2, 0.25) is 0 Å². The molecule has 2 aromatic rings. The highest BCUT2D eigenvalue weighted by atomic mass is 16.5.